The van der Waals surface area contributed by atoms with E-state index in [1.165, 1.54) is 43.2 Å². The van der Waals surface area contributed by atoms with Crippen molar-refractivity contribution >= 4 is 33.2 Å². The first-order valence-corrected chi connectivity index (χ1v) is 15.0. The molecule has 1 N–H and O–H groups in total. The predicted octanol–water partition coefficient (Wildman–Crippen LogP) is 4.44. The zero-order valence-electron chi connectivity index (χ0n) is 24.1. The lowest BCUT2D eigenvalue weighted by Gasteiger charge is -2.33. The largest absolute Gasteiger partial charge is 0.497 e. The average molecular weight is 597 g/mol. The molecule has 0 saturated heterocycles. The molecule has 11 nitrogen and oxygen atoms in total. The van der Waals surface area contributed by atoms with E-state index in [0.717, 1.165) is 15.9 Å². The van der Waals surface area contributed by atoms with Gasteiger partial charge in [-0.3, -0.25) is 24.0 Å². The minimum atomic E-state index is -4.47. The molecule has 0 aliphatic heterocycles. The number of nitrogens with one attached hydrogen (secondary N) is 1. The number of anilines is 1. The lowest BCUT2D eigenvalue weighted by Crippen LogP contribution is -2.52. The number of hydrogen-bond acceptors (Lipinski definition) is 7. The van der Waals surface area contributed by atoms with Crippen molar-refractivity contribution in [2.45, 2.75) is 51.1 Å². The molecular weight excluding hydrogens is 560 g/mol. The van der Waals surface area contributed by atoms with E-state index >= 15 is 0 Å². The third kappa shape index (κ3) is 7.64. The molecule has 42 heavy (non-hydrogen) atoms. The van der Waals surface area contributed by atoms with Crippen molar-refractivity contribution < 1.29 is 27.7 Å². The van der Waals surface area contributed by atoms with E-state index in [-0.39, 0.29) is 28.7 Å². The lowest BCUT2D eigenvalue weighted by atomic mass is 10.1. The van der Waals surface area contributed by atoms with Gasteiger partial charge in [0.15, 0.2) is 0 Å². The summed E-state index contributed by atoms with van der Waals surface area (Å²) in [7, 11) is -3.01. The van der Waals surface area contributed by atoms with Crippen LogP contribution in [0.3, 0.4) is 0 Å². The number of nitro benzene ring substituents is 1. The van der Waals surface area contributed by atoms with Gasteiger partial charge in [-0.25, -0.2) is 8.42 Å². The Balaban J connectivity index is 2.10. The van der Waals surface area contributed by atoms with Gasteiger partial charge in [0.2, 0.25) is 11.8 Å². The van der Waals surface area contributed by atoms with Crippen LogP contribution in [-0.4, -0.2) is 56.3 Å². The molecule has 0 spiro atoms. The fraction of sp³-hybridized carbons (Fsp3) is 0.333. The topological polar surface area (TPSA) is 139 Å². The number of nitrogens with zero attached hydrogens (tertiary/aromatic N) is 3. The van der Waals surface area contributed by atoms with E-state index in [4.69, 9.17) is 4.74 Å². The minimum absolute atomic E-state index is 0.0736. The van der Waals surface area contributed by atoms with Crippen molar-refractivity contribution in [3.63, 3.8) is 0 Å². The second-order valence-electron chi connectivity index (χ2n) is 9.64. The van der Waals surface area contributed by atoms with Crippen molar-refractivity contribution in [1.29, 1.82) is 0 Å². The molecule has 0 aliphatic rings. The molecular formula is C30H36N4O7S. The highest BCUT2D eigenvalue weighted by atomic mass is 32.2. The number of amides is 2. The SMILES string of the molecule is CCCNC(=O)[C@@H](CC)N(Cc1ccccc1)C(=O)CN(c1ccc(OC)cc1)S(=O)(=O)c1ccc(C)c([N+](=O)[O-])c1. The highest BCUT2D eigenvalue weighted by Crippen LogP contribution is 2.29. The maximum atomic E-state index is 14.0. The molecule has 0 fully saturated rings. The first-order valence-electron chi connectivity index (χ1n) is 13.6. The molecule has 0 bridgehead atoms. The highest BCUT2D eigenvalue weighted by molar-refractivity contribution is 7.92. The summed E-state index contributed by atoms with van der Waals surface area (Å²) in [5.74, 6) is -0.479. The Morgan fingerprint density at radius 1 is 1.02 bits per heavy atom. The van der Waals surface area contributed by atoms with E-state index in [1.807, 2.05) is 37.3 Å². The number of sulfonamides is 1. The maximum absolute atomic E-state index is 14.0. The summed E-state index contributed by atoms with van der Waals surface area (Å²) in [6.07, 6.45) is 1.01. The zero-order valence-corrected chi connectivity index (χ0v) is 25.0. The normalized spacial score (nSPS) is 11.8. The number of benzene rings is 3. The Morgan fingerprint density at radius 2 is 1.69 bits per heavy atom. The van der Waals surface area contributed by atoms with E-state index in [1.54, 1.807) is 19.1 Å². The molecule has 2 amide bonds. The number of carbonyl (C=O) groups excluding carboxylic acids is 2. The van der Waals surface area contributed by atoms with Crippen LogP contribution < -0.4 is 14.4 Å². The van der Waals surface area contributed by atoms with Crippen LogP contribution in [0.4, 0.5) is 11.4 Å². The average Bonchev–Trinajstić information content (AvgIpc) is 2.99. The van der Waals surface area contributed by atoms with Crippen molar-refractivity contribution in [2.24, 2.45) is 0 Å². The molecule has 0 aromatic heterocycles. The van der Waals surface area contributed by atoms with Crippen LogP contribution in [0.25, 0.3) is 0 Å². The smallest absolute Gasteiger partial charge is 0.273 e. The summed E-state index contributed by atoms with van der Waals surface area (Å²) in [6, 6.07) is 17.9. The molecule has 0 unspecified atom stereocenters. The summed E-state index contributed by atoms with van der Waals surface area (Å²) in [6.45, 7) is 5.06. The second-order valence-corrected chi connectivity index (χ2v) is 11.5. The van der Waals surface area contributed by atoms with Gasteiger partial charge < -0.3 is 15.0 Å². The summed E-state index contributed by atoms with van der Waals surface area (Å²) in [5.41, 5.74) is 0.849. The Bertz CT molecular complexity index is 1500. The van der Waals surface area contributed by atoms with Gasteiger partial charge in [-0.1, -0.05) is 50.2 Å². The lowest BCUT2D eigenvalue weighted by molar-refractivity contribution is -0.385. The fourth-order valence-electron chi connectivity index (χ4n) is 4.42. The summed E-state index contributed by atoms with van der Waals surface area (Å²) < 4.78 is 34.2. The summed E-state index contributed by atoms with van der Waals surface area (Å²) in [5, 5.41) is 14.4. The third-order valence-corrected chi connectivity index (χ3v) is 8.51. The van der Waals surface area contributed by atoms with Crippen LogP contribution in [0.1, 0.15) is 37.8 Å². The Hall–Kier alpha value is -4.45. The summed E-state index contributed by atoms with van der Waals surface area (Å²) in [4.78, 5) is 39.1. The van der Waals surface area contributed by atoms with Gasteiger partial charge in [0.25, 0.3) is 15.7 Å². The molecule has 3 rings (SSSR count). The van der Waals surface area contributed by atoms with Crippen LogP contribution in [0, 0.1) is 17.0 Å². The van der Waals surface area contributed by atoms with Gasteiger partial charge in [0, 0.05) is 24.7 Å². The zero-order chi connectivity index (χ0) is 30.9. The van der Waals surface area contributed by atoms with E-state index in [0.29, 0.717) is 30.7 Å². The first kappa shape index (κ1) is 32.1. The molecule has 1 atom stereocenters. The van der Waals surface area contributed by atoms with E-state index in [2.05, 4.69) is 5.32 Å². The van der Waals surface area contributed by atoms with E-state index in [9.17, 15) is 28.1 Å². The van der Waals surface area contributed by atoms with Gasteiger partial charge in [-0.2, -0.15) is 0 Å². The number of ether oxygens (including phenoxy) is 1. The van der Waals surface area contributed by atoms with E-state index < -0.39 is 33.4 Å². The van der Waals surface area contributed by atoms with Crippen molar-refractivity contribution in [3.05, 3.63) is 94.0 Å². The van der Waals surface area contributed by atoms with Crippen LogP contribution in [0.5, 0.6) is 5.75 Å². The number of hydrogen-bond donors (Lipinski definition) is 1. The molecule has 224 valence electrons. The Kier molecular flexibility index (Phi) is 11.0. The molecule has 12 heteroatoms. The number of carbonyl (C=O) groups is 2. The van der Waals surface area contributed by atoms with Crippen LogP contribution in [0.15, 0.2) is 77.7 Å². The quantitative estimate of drug-likeness (QED) is 0.214. The van der Waals surface area contributed by atoms with Crippen molar-refractivity contribution in [2.75, 3.05) is 24.5 Å². The third-order valence-electron chi connectivity index (χ3n) is 6.74. The maximum Gasteiger partial charge on any atom is 0.273 e. The molecule has 0 aliphatic carbocycles. The van der Waals surface area contributed by atoms with Crippen LogP contribution >= 0.6 is 0 Å². The van der Waals surface area contributed by atoms with Gasteiger partial charge in [-0.05, 0) is 55.7 Å². The van der Waals surface area contributed by atoms with Gasteiger partial charge in [-0.15, -0.1) is 0 Å². The number of methoxy groups -OCH3 is 1. The highest BCUT2D eigenvalue weighted by Gasteiger charge is 2.34. The van der Waals surface area contributed by atoms with Gasteiger partial charge in [0.1, 0.15) is 18.3 Å². The van der Waals surface area contributed by atoms with Crippen LogP contribution in [0.2, 0.25) is 0 Å². The minimum Gasteiger partial charge on any atom is -0.497 e. The fourth-order valence-corrected chi connectivity index (χ4v) is 5.85. The first-order chi connectivity index (χ1) is 20.0. The van der Waals surface area contributed by atoms with Crippen molar-refractivity contribution in [1.82, 2.24) is 10.2 Å². The molecule has 0 saturated carbocycles. The predicted molar refractivity (Wildman–Crippen MR) is 160 cm³/mol. The Labute approximate surface area is 246 Å². The monoisotopic (exact) mass is 596 g/mol. The number of aryl methyl sites for hydroxylation is 1. The summed E-state index contributed by atoms with van der Waals surface area (Å²) >= 11 is 0. The van der Waals surface area contributed by atoms with Gasteiger partial charge >= 0.3 is 0 Å². The second kappa shape index (κ2) is 14.4. The Morgan fingerprint density at radius 3 is 2.26 bits per heavy atom. The molecule has 0 heterocycles. The van der Waals surface area contributed by atoms with Gasteiger partial charge in [0.05, 0.1) is 22.6 Å². The molecule has 3 aromatic rings. The molecule has 3 aromatic carbocycles. The molecule has 0 radical (unpaired) electrons. The number of rotatable bonds is 14. The number of nitro groups is 1. The standard InChI is InChI=1S/C30H36N4O7S/c1-5-18-31-30(36)27(6-2)32(20-23-10-8-7-9-11-23)29(35)21-33(24-13-15-25(41-4)16-14-24)42(39,40)26-17-12-22(3)28(19-26)34(37)38/h7-17,19,27H,5-6,18,20-21H2,1-4H3,(H,31,36)/t27-/m1/s1. The van der Waals surface area contributed by atoms with Crippen molar-refractivity contribution in [3.8, 4) is 5.75 Å². The van der Waals surface area contributed by atoms with Crippen LogP contribution in [-0.2, 0) is 26.2 Å².